The summed E-state index contributed by atoms with van der Waals surface area (Å²) in [5, 5.41) is 11.5. The van der Waals surface area contributed by atoms with Crippen molar-refractivity contribution in [3.05, 3.63) is 48.4 Å². The van der Waals surface area contributed by atoms with Crippen molar-refractivity contribution in [1.82, 2.24) is 14.3 Å². The van der Waals surface area contributed by atoms with Crippen LogP contribution in [0.25, 0.3) is 0 Å². The molecule has 0 saturated carbocycles. The van der Waals surface area contributed by atoms with Crippen molar-refractivity contribution in [1.29, 1.82) is 0 Å². The number of ether oxygens (including phenoxy) is 1. The van der Waals surface area contributed by atoms with E-state index in [-0.39, 0.29) is 23.5 Å². The van der Waals surface area contributed by atoms with Crippen molar-refractivity contribution in [3.8, 4) is 0 Å². The van der Waals surface area contributed by atoms with Gasteiger partial charge in [0, 0.05) is 32.0 Å². The molecule has 148 valence electrons. The van der Waals surface area contributed by atoms with Gasteiger partial charge in [-0.15, -0.1) is 0 Å². The molecule has 1 aliphatic rings. The highest BCUT2D eigenvalue weighted by Crippen LogP contribution is 2.36. The second-order valence-corrected chi connectivity index (χ2v) is 8.97. The van der Waals surface area contributed by atoms with Crippen molar-refractivity contribution in [3.63, 3.8) is 0 Å². The Balaban J connectivity index is 1.83. The summed E-state index contributed by atoms with van der Waals surface area (Å²) in [6, 6.07) is 9.34. The number of nitrogens with one attached hydrogen (secondary N) is 1. The van der Waals surface area contributed by atoms with Gasteiger partial charge in [-0.05, 0) is 38.2 Å². The first kappa shape index (κ1) is 20.0. The van der Waals surface area contributed by atoms with Gasteiger partial charge in [0.1, 0.15) is 5.60 Å². The third-order valence-corrected chi connectivity index (χ3v) is 6.44. The predicted octanol–water partition coefficient (Wildman–Crippen LogP) is 2.06. The number of hydrogen-bond donors (Lipinski definition) is 2. The lowest BCUT2D eigenvalue weighted by Crippen LogP contribution is -2.47. The van der Waals surface area contributed by atoms with Crippen LogP contribution >= 0.6 is 0 Å². The lowest BCUT2D eigenvalue weighted by molar-refractivity contribution is -0.0664. The second-order valence-electron chi connectivity index (χ2n) is 7.25. The molecule has 2 heterocycles. The van der Waals surface area contributed by atoms with Crippen LogP contribution in [0.1, 0.15) is 38.3 Å². The van der Waals surface area contributed by atoms with E-state index in [9.17, 15) is 13.5 Å². The summed E-state index contributed by atoms with van der Waals surface area (Å²) in [6.07, 6.45) is 4.36. The molecule has 1 saturated heterocycles. The number of aromatic nitrogens is 2. The molecule has 1 aromatic carbocycles. The van der Waals surface area contributed by atoms with Crippen LogP contribution < -0.4 is 4.72 Å². The highest BCUT2D eigenvalue weighted by Gasteiger charge is 2.40. The number of nitrogens with zero attached hydrogens (tertiary/aromatic N) is 2. The largest absolute Gasteiger partial charge is 0.383 e. The van der Waals surface area contributed by atoms with Crippen molar-refractivity contribution < 1.29 is 18.3 Å². The van der Waals surface area contributed by atoms with Crippen LogP contribution in [-0.4, -0.2) is 42.8 Å². The lowest BCUT2D eigenvalue weighted by atomic mass is 9.77. The molecule has 0 unspecified atom stereocenters. The predicted molar refractivity (Wildman–Crippen MR) is 102 cm³/mol. The normalized spacial score (nSPS) is 18.5. The molecule has 0 bridgehead atoms. The minimum Gasteiger partial charge on any atom is -0.383 e. The number of benzene rings is 1. The van der Waals surface area contributed by atoms with E-state index in [0.717, 1.165) is 0 Å². The Kier molecular flexibility index (Phi) is 6.00. The zero-order valence-electron chi connectivity index (χ0n) is 15.7. The molecule has 2 aromatic rings. The van der Waals surface area contributed by atoms with Gasteiger partial charge in [-0.3, -0.25) is 0 Å². The fourth-order valence-electron chi connectivity index (χ4n) is 3.40. The number of rotatable bonds is 7. The van der Waals surface area contributed by atoms with Gasteiger partial charge in [-0.25, -0.2) is 18.1 Å². The van der Waals surface area contributed by atoms with E-state index in [1.165, 1.54) is 12.5 Å². The first-order chi connectivity index (χ1) is 12.8. The average molecular weight is 394 g/mol. The Hall–Kier alpha value is -1.74. The zero-order chi connectivity index (χ0) is 19.5. The molecule has 0 radical (unpaired) electrons. The van der Waals surface area contributed by atoms with Crippen molar-refractivity contribution >= 4 is 10.0 Å². The minimum atomic E-state index is -3.83. The van der Waals surface area contributed by atoms with Gasteiger partial charge in [-0.2, -0.15) is 0 Å². The summed E-state index contributed by atoms with van der Waals surface area (Å²) in [4.78, 5) is 4.01. The molecule has 3 rings (SSSR count). The van der Waals surface area contributed by atoms with Crippen LogP contribution in [0, 0.1) is 5.92 Å². The Morgan fingerprint density at radius 3 is 2.56 bits per heavy atom. The Morgan fingerprint density at radius 1 is 1.30 bits per heavy atom. The van der Waals surface area contributed by atoms with Gasteiger partial charge in [-0.1, -0.05) is 30.3 Å². The smallest absolute Gasteiger partial charge is 0.259 e. The van der Waals surface area contributed by atoms with Crippen LogP contribution in [0.4, 0.5) is 0 Å². The SMILES string of the molecule is CC(C)n1cnc(S(=O)(=O)NC[C@](O)(c2ccccc2)C2CCOCC2)c1. The van der Waals surface area contributed by atoms with E-state index < -0.39 is 15.6 Å². The number of hydrogen-bond acceptors (Lipinski definition) is 5. The van der Waals surface area contributed by atoms with Gasteiger partial charge in [0.2, 0.25) is 0 Å². The Morgan fingerprint density at radius 2 is 1.96 bits per heavy atom. The Bertz CT molecular complexity index is 845. The molecular weight excluding hydrogens is 366 g/mol. The molecule has 0 amide bonds. The molecule has 1 atom stereocenters. The van der Waals surface area contributed by atoms with Crippen LogP contribution in [0.2, 0.25) is 0 Å². The number of sulfonamides is 1. The monoisotopic (exact) mass is 393 g/mol. The van der Waals surface area contributed by atoms with Crippen molar-refractivity contribution in [2.75, 3.05) is 19.8 Å². The molecule has 1 fully saturated rings. The quantitative estimate of drug-likeness (QED) is 0.751. The zero-order valence-corrected chi connectivity index (χ0v) is 16.5. The van der Waals surface area contributed by atoms with E-state index in [4.69, 9.17) is 4.74 Å². The first-order valence-corrected chi connectivity index (χ1v) is 10.7. The maximum atomic E-state index is 12.7. The van der Waals surface area contributed by atoms with E-state index in [1.54, 1.807) is 4.57 Å². The first-order valence-electron chi connectivity index (χ1n) is 9.22. The summed E-state index contributed by atoms with van der Waals surface area (Å²) in [7, 11) is -3.83. The highest BCUT2D eigenvalue weighted by molar-refractivity contribution is 7.89. The second kappa shape index (κ2) is 8.10. The summed E-state index contributed by atoms with van der Waals surface area (Å²) in [5.74, 6) is -0.0930. The Labute approximate surface area is 160 Å². The summed E-state index contributed by atoms with van der Waals surface area (Å²) in [5.41, 5.74) is -0.606. The molecule has 27 heavy (non-hydrogen) atoms. The molecule has 1 aromatic heterocycles. The fourth-order valence-corrected chi connectivity index (χ4v) is 4.41. The topological polar surface area (TPSA) is 93.5 Å². The summed E-state index contributed by atoms with van der Waals surface area (Å²) < 4.78 is 35.1. The van der Waals surface area contributed by atoms with E-state index in [0.29, 0.717) is 31.6 Å². The number of aliphatic hydroxyl groups is 1. The minimum absolute atomic E-state index is 0.0430. The van der Waals surface area contributed by atoms with Crippen molar-refractivity contribution in [2.45, 2.75) is 43.4 Å². The third kappa shape index (κ3) is 4.40. The average Bonchev–Trinajstić information content (AvgIpc) is 3.19. The molecule has 7 nitrogen and oxygen atoms in total. The van der Waals surface area contributed by atoms with Crippen LogP contribution in [0.15, 0.2) is 47.9 Å². The number of imidazole rings is 1. The van der Waals surface area contributed by atoms with Gasteiger partial charge in [0.25, 0.3) is 10.0 Å². The summed E-state index contributed by atoms with van der Waals surface area (Å²) in [6.45, 7) is 4.91. The molecule has 0 spiro atoms. The van der Waals surface area contributed by atoms with Gasteiger partial charge >= 0.3 is 0 Å². The van der Waals surface area contributed by atoms with Crippen LogP contribution in [-0.2, 0) is 20.4 Å². The van der Waals surface area contributed by atoms with E-state index in [1.807, 2.05) is 44.2 Å². The van der Waals surface area contributed by atoms with Gasteiger partial charge in [0.15, 0.2) is 5.03 Å². The van der Waals surface area contributed by atoms with Crippen molar-refractivity contribution in [2.24, 2.45) is 5.92 Å². The highest BCUT2D eigenvalue weighted by atomic mass is 32.2. The molecule has 8 heteroatoms. The van der Waals surface area contributed by atoms with Crippen LogP contribution in [0.5, 0.6) is 0 Å². The third-order valence-electron chi connectivity index (χ3n) is 5.15. The van der Waals surface area contributed by atoms with E-state index in [2.05, 4.69) is 9.71 Å². The van der Waals surface area contributed by atoms with E-state index >= 15 is 0 Å². The van der Waals surface area contributed by atoms with Gasteiger partial charge in [0.05, 0.1) is 6.33 Å². The molecule has 2 N–H and O–H groups in total. The maximum absolute atomic E-state index is 12.7. The lowest BCUT2D eigenvalue weighted by Gasteiger charge is -2.39. The summed E-state index contributed by atoms with van der Waals surface area (Å²) >= 11 is 0. The molecular formula is C19H27N3O4S. The maximum Gasteiger partial charge on any atom is 0.259 e. The van der Waals surface area contributed by atoms with Gasteiger partial charge < -0.3 is 14.4 Å². The fraction of sp³-hybridized carbons (Fsp3) is 0.526. The molecule has 1 aliphatic heterocycles. The molecule has 0 aliphatic carbocycles. The van der Waals surface area contributed by atoms with Crippen LogP contribution in [0.3, 0.4) is 0 Å². The standard InChI is InChI=1S/C19H27N3O4S/c1-15(2)22-12-18(20-14-22)27(24,25)21-13-19(23,16-6-4-3-5-7-16)17-8-10-26-11-9-17/h3-7,12,14-15,17,21,23H,8-11,13H2,1-2H3/t19-/m0/s1.